The van der Waals surface area contributed by atoms with Crippen molar-refractivity contribution in [1.29, 1.82) is 0 Å². The molecule has 0 amide bonds. The van der Waals surface area contributed by atoms with E-state index in [-0.39, 0.29) is 5.75 Å². The summed E-state index contributed by atoms with van der Waals surface area (Å²) in [5.74, 6) is 0.691. The van der Waals surface area contributed by atoms with Crippen molar-refractivity contribution in [3.8, 4) is 11.5 Å². The third-order valence-corrected chi connectivity index (χ3v) is 1.55. The van der Waals surface area contributed by atoms with Crippen LogP contribution in [0.25, 0.3) is 0 Å². The number of phenolic OH excluding ortho intramolecular Hbond substituents is 1. The van der Waals surface area contributed by atoms with Gasteiger partial charge in [-0.05, 0) is 18.6 Å². The van der Waals surface area contributed by atoms with Crippen LogP contribution in [0, 0.1) is 6.92 Å². The van der Waals surface area contributed by atoms with Crippen molar-refractivity contribution >= 4 is 5.69 Å². The SMILES string of the molecule is COc1cc(O)cc(C)c1N. The number of methoxy groups -OCH3 is 1. The highest BCUT2D eigenvalue weighted by molar-refractivity contribution is 5.60. The van der Waals surface area contributed by atoms with Crippen molar-refractivity contribution in [1.82, 2.24) is 0 Å². The summed E-state index contributed by atoms with van der Waals surface area (Å²) in [7, 11) is 1.52. The molecule has 60 valence electrons. The molecule has 1 rings (SSSR count). The number of aromatic hydroxyl groups is 1. The summed E-state index contributed by atoms with van der Waals surface area (Å²) < 4.78 is 4.92. The van der Waals surface area contributed by atoms with Gasteiger partial charge in [0.25, 0.3) is 0 Å². The zero-order valence-electron chi connectivity index (χ0n) is 6.59. The zero-order chi connectivity index (χ0) is 8.43. The molecular weight excluding hydrogens is 142 g/mol. The first kappa shape index (κ1) is 7.72. The minimum absolute atomic E-state index is 0.175. The Morgan fingerprint density at radius 2 is 2.09 bits per heavy atom. The largest absolute Gasteiger partial charge is 0.508 e. The number of rotatable bonds is 1. The first-order chi connectivity index (χ1) is 5.15. The molecule has 3 N–H and O–H groups in total. The molecule has 3 heteroatoms. The van der Waals surface area contributed by atoms with Crippen molar-refractivity contribution in [2.75, 3.05) is 12.8 Å². The smallest absolute Gasteiger partial charge is 0.145 e. The molecule has 1 aromatic rings. The summed E-state index contributed by atoms with van der Waals surface area (Å²) in [4.78, 5) is 0. The lowest BCUT2D eigenvalue weighted by molar-refractivity contribution is 0.409. The van der Waals surface area contributed by atoms with Gasteiger partial charge in [-0.25, -0.2) is 0 Å². The highest BCUT2D eigenvalue weighted by Crippen LogP contribution is 2.29. The van der Waals surface area contributed by atoms with Crippen molar-refractivity contribution < 1.29 is 9.84 Å². The molecule has 0 bridgehead atoms. The summed E-state index contributed by atoms with van der Waals surface area (Å²) in [5.41, 5.74) is 7.02. The second-order valence-electron chi connectivity index (χ2n) is 2.38. The molecule has 0 aromatic heterocycles. The number of nitrogens with two attached hydrogens (primary N) is 1. The quantitative estimate of drug-likeness (QED) is 0.472. The fourth-order valence-corrected chi connectivity index (χ4v) is 0.917. The Labute approximate surface area is 65.4 Å². The summed E-state index contributed by atoms with van der Waals surface area (Å²) >= 11 is 0. The van der Waals surface area contributed by atoms with E-state index in [0.29, 0.717) is 11.4 Å². The van der Waals surface area contributed by atoms with E-state index in [1.165, 1.54) is 13.2 Å². The minimum Gasteiger partial charge on any atom is -0.508 e. The van der Waals surface area contributed by atoms with Gasteiger partial charge in [0.2, 0.25) is 0 Å². The Bertz CT molecular complexity index is 271. The second-order valence-corrected chi connectivity index (χ2v) is 2.38. The Morgan fingerprint density at radius 1 is 1.45 bits per heavy atom. The standard InChI is InChI=1S/C8H11NO2/c1-5-3-6(10)4-7(11-2)8(5)9/h3-4,10H,9H2,1-2H3. The molecular formula is C8H11NO2. The minimum atomic E-state index is 0.175. The van der Waals surface area contributed by atoms with Crippen LogP contribution in [0.2, 0.25) is 0 Å². The van der Waals surface area contributed by atoms with E-state index in [9.17, 15) is 0 Å². The third kappa shape index (κ3) is 1.37. The topological polar surface area (TPSA) is 55.5 Å². The molecule has 0 saturated carbocycles. The van der Waals surface area contributed by atoms with E-state index in [4.69, 9.17) is 15.6 Å². The van der Waals surface area contributed by atoms with Gasteiger partial charge in [0.15, 0.2) is 0 Å². The van der Waals surface area contributed by atoms with E-state index in [0.717, 1.165) is 5.56 Å². The molecule has 0 aliphatic heterocycles. The maximum absolute atomic E-state index is 9.11. The molecule has 11 heavy (non-hydrogen) atoms. The zero-order valence-corrected chi connectivity index (χ0v) is 6.59. The first-order valence-corrected chi connectivity index (χ1v) is 3.28. The molecule has 0 heterocycles. The number of nitrogen functional groups attached to an aromatic ring is 1. The Morgan fingerprint density at radius 3 is 2.64 bits per heavy atom. The number of hydrogen-bond donors (Lipinski definition) is 2. The highest BCUT2D eigenvalue weighted by Gasteiger charge is 2.03. The van der Waals surface area contributed by atoms with E-state index in [2.05, 4.69) is 0 Å². The predicted molar refractivity (Wildman–Crippen MR) is 43.8 cm³/mol. The van der Waals surface area contributed by atoms with Crippen LogP contribution >= 0.6 is 0 Å². The van der Waals surface area contributed by atoms with Crippen LogP contribution < -0.4 is 10.5 Å². The molecule has 0 aliphatic rings. The van der Waals surface area contributed by atoms with Gasteiger partial charge in [0.1, 0.15) is 11.5 Å². The fraction of sp³-hybridized carbons (Fsp3) is 0.250. The van der Waals surface area contributed by atoms with Crippen LogP contribution in [0.4, 0.5) is 5.69 Å². The van der Waals surface area contributed by atoms with Gasteiger partial charge in [0, 0.05) is 6.07 Å². The normalized spacial score (nSPS) is 9.64. The lowest BCUT2D eigenvalue weighted by Gasteiger charge is -2.06. The van der Waals surface area contributed by atoms with Gasteiger partial charge < -0.3 is 15.6 Å². The predicted octanol–water partition coefficient (Wildman–Crippen LogP) is 1.29. The second kappa shape index (κ2) is 2.70. The number of benzene rings is 1. The van der Waals surface area contributed by atoms with E-state index in [1.807, 2.05) is 6.92 Å². The maximum atomic E-state index is 9.11. The van der Waals surface area contributed by atoms with Crippen LogP contribution in [0.3, 0.4) is 0 Å². The van der Waals surface area contributed by atoms with E-state index < -0.39 is 0 Å². The molecule has 0 atom stereocenters. The molecule has 1 aromatic carbocycles. The van der Waals surface area contributed by atoms with Crippen LogP contribution in [0.1, 0.15) is 5.56 Å². The Hall–Kier alpha value is -1.38. The van der Waals surface area contributed by atoms with Crippen LogP contribution in [-0.2, 0) is 0 Å². The lowest BCUT2D eigenvalue weighted by Crippen LogP contribution is -1.94. The third-order valence-electron chi connectivity index (χ3n) is 1.55. The van der Waals surface area contributed by atoms with Gasteiger partial charge >= 0.3 is 0 Å². The van der Waals surface area contributed by atoms with Crippen LogP contribution in [0.5, 0.6) is 11.5 Å². The van der Waals surface area contributed by atoms with Gasteiger partial charge in [-0.2, -0.15) is 0 Å². The molecule has 0 fully saturated rings. The van der Waals surface area contributed by atoms with Crippen molar-refractivity contribution in [2.24, 2.45) is 0 Å². The van der Waals surface area contributed by atoms with Crippen molar-refractivity contribution in [3.63, 3.8) is 0 Å². The lowest BCUT2D eigenvalue weighted by atomic mass is 10.2. The summed E-state index contributed by atoms with van der Waals surface area (Å²) in [6.45, 7) is 1.82. The van der Waals surface area contributed by atoms with Crippen molar-refractivity contribution in [2.45, 2.75) is 6.92 Å². The number of hydrogen-bond acceptors (Lipinski definition) is 3. The summed E-state index contributed by atoms with van der Waals surface area (Å²) in [6.07, 6.45) is 0. The first-order valence-electron chi connectivity index (χ1n) is 3.28. The number of anilines is 1. The fourth-order valence-electron chi connectivity index (χ4n) is 0.917. The van der Waals surface area contributed by atoms with Gasteiger partial charge in [-0.15, -0.1) is 0 Å². The number of phenols is 1. The summed E-state index contributed by atoms with van der Waals surface area (Å²) in [5, 5.41) is 9.11. The van der Waals surface area contributed by atoms with E-state index in [1.54, 1.807) is 6.07 Å². The molecule has 0 spiro atoms. The van der Waals surface area contributed by atoms with Gasteiger partial charge in [-0.3, -0.25) is 0 Å². The maximum Gasteiger partial charge on any atom is 0.145 e. The number of aryl methyl sites for hydroxylation is 1. The average molecular weight is 153 g/mol. The Kier molecular flexibility index (Phi) is 1.89. The molecule has 0 aliphatic carbocycles. The molecule has 0 unspecified atom stereocenters. The Balaban J connectivity index is 3.24. The van der Waals surface area contributed by atoms with Crippen molar-refractivity contribution in [3.05, 3.63) is 17.7 Å². The monoisotopic (exact) mass is 153 g/mol. The number of ether oxygens (including phenoxy) is 1. The summed E-state index contributed by atoms with van der Waals surface area (Å²) in [6, 6.07) is 3.08. The van der Waals surface area contributed by atoms with E-state index >= 15 is 0 Å². The average Bonchev–Trinajstić information content (AvgIpc) is 1.96. The molecule has 0 saturated heterocycles. The van der Waals surface area contributed by atoms with Crippen LogP contribution in [0.15, 0.2) is 12.1 Å². The van der Waals surface area contributed by atoms with Gasteiger partial charge in [0.05, 0.1) is 12.8 Å². The molecule has 3 nitrogen and oxygen atoms in total. The van der Waals surface area contributed by atoms with Crippen LogP contribution in [-0.4, -0.2) is 12.2 Å². The van der Waals surface area contributed by atoms with Gasteiger partial charge in [-0.1, -0.05) is 0 Å². The highest BCUT2D eigenvalue weighted by atomic mass is 16.5. The molecule has 0 radical (unpaired) electrons.